The number of fused-ring (bicyclic) bond motifs is 1. The average Bonchev–Trinajstić information content (AvgIpc) is 3.11. The molecule has 3 aromatic heterocycles. The van der Waals surface area contributed by atoms with Gasteiger partial charge in [0.1, 0.15) is 24.3 Å². The maximum absolute atomic E-state index is 4.43. The number of hydrogen-bond acceptors (Lipinski definition) is 7. The van der Waals surface area contributed by atoms with Crippen LogP contribution in [0.2, 0.25) is 0 Å². The second-order valence-electron chi connectivity index (χ2n) is 6.38. The molecule has 8 nitrogen and oxygen atoms in total. The first-order valence-corrected chi connectivity index (χ1v) is 8.72. The first kappa shape index (κ1) is 15.7. The molecular weight excluding hydrogens is 316 g/mol. The molecule has 4 heterocycles. The van der Waals surface area contributed by atoms with E-state index in [4.69, 9.17) is 0 Å². The van der Waals surface area contributed by atoms with Gasteiger partial charge in [0.15, 0.2) is 0 Å². The van der Waals surface area contributed by atoms with Gasteiger partial charge in [-0.2, -0.15) is 14.6 Å². The molecule has 1 aliphatic rings. The molecule has 0 unspecified atom stereocenters. The molecule has 0 aromatic carbocycles. The van der Waals surface area contributed by atoms with E-state index in [1.165, 1.54) is 6.33 Å². The number of aromatic nitrogens is 6. The molecule has 1 N–H and O–H groups in total. The fourth-order valence-corrected chi connectivity index (χ4v) is 3.25. The van der Waals surface area contributed by atoms with Gasteiger partial charge in [-0.05, 0) is 26.2 Å². The van der Waals surface area contributed by atoms with E-state index < -0.39 is 0 Å². The molecule has 1 fully saturated rings. The third-order valence-electron chi connectivity index (χ3n) is 4.62. The number of rotatable bonds is 4. The summed E-state index contributed by atoms with van der Waals surface area (Å²) in [4.78, 5) is 19.6. The zero-order chi connectivity index (χ0) is 17.2. The minimum absolute atomic E-state index is 0.401. The van der Waals surface area contributed by atoms with Crippen LogP contribution in [0, 0.1) is 6.92 Å². The SMILES string of the molecule is CCc1cc(N2CCC(Nc3cc(C)nc4ncnn34)CC2)ncn1. The predicted molar refractivity (Wildman–Crippen MR) is 95.8 cm³/mol. The van der Waals surface area contributed by atoms with E-state index in [1.807, 2.05) is 13.0 Å². The highest BCUT2D eigenvalue weighted by molar-refractivity contribution is 5.46. The van der Waals surface area contributed by atoms with Gasteiger partial charge in [-0.15, -0.1) is 0 Å². The van der Waals surface area contributed by atoms with Crippen molar-refractivity contribution in [3.8, 4) is 0 Å². The number of hydrogen-bond donors (Lipinski definition) is 1. The van der Waals surface area contributed by atoms with Crippen molar-refractivity contribution in [3.63, 3.8) is 0 Å². The Balaban J connectivity index is 1.44. The second kappa shape index (κ2) is 6.62. The number of nitrogens with one attached hydrogen (secondary N) is 1. The Morgan fingerprint density at radius 2 is 1.96 bits per heavy atom. The number of nitrogens with zero attached hydrogens (tertiary/aromatic N) is 7. The summed E-state index contributed by atoms with van der Waals surface area (Å²) in [5, 5.41) is 7.87. The molecule has 1 saturated heterocycles. The van der Waals surface area contributed by atoms with Crippen LogP contribution in [0.5, 0.6) is 0 Å². The molecule has 0 spiro atoms. The average molecular weight is 338 g/mol. The highest BCUT2D eigenvalue weighted by Crippen LogP contribution is 2.21. The molecular formula is C17H22N8. The maximum atomic E-state index is 4.43. The fourth-order valence-electron chi connectivity index (χ4n) is 3.25. The molecule has 0 saturated carbocycles. The zero-order valence-corrected chi connectivity index (χ0v) is 14.6. The van der Waals surface area contributed by atoms with E-state index in [0.29, 0.717) is 11.8 Å². The minimum atomic E-state index is 0.401. The molecule has 1 aliphatic heterocycles. The van der Waals surface area contributed by atoms with Gasteiger partial charge in [-0.1, -0.05) is 6.92 Å². The normalized spacial score (nSPS) is 15.7. The number of aryl methyl sites for hydroxylation is 2. The van der Waals surface area contributed by atoms with Crippen molar-refractivity contribution in [2.24, 2.45) is 0 Å². The molecule has 130 valence electrons. The van der Waals surface area contributed by atoms with Crippen molar-refractivity contribution in [2.75, 3.05) is 23.3 Å². The van der Waals surface area contributed by atoms with Crippen molar-refractivity contribution in [1.29, 1.82) is 0 Å². The van der Waals surface area contributed by atoms with Gasteiger partial charge in [0.25, 0.3) is 5.78 Å². The van der Waals surface area contributed by atoms with Crippen LogP contribution in [0.25, 0.3) is 5.78 Å². The number of anilines is 2. The zero-order valence-electron chi connectivity index (χ0n) is 14.6. The third kappa shape index (κ3) is 3.24. The molecule has 0 amide bonds. The van der Waals surface area contributed by atoms with Crippen LogP contribution >= 0.6 is 0 Å². The Morgan fingerprint density at radius 3 is 2.76 bits per heavy atom. The lowest BCUT2D eigenvalue weighted by Gasteiger charge is -2.33. The van der Waals surface area contributed by atoms with Crippen LogP contribution in [0.4, 0.5) is 11.6 Å². The van der Waals surface area contributed by atoms with Crippen LogP contribution in [-0.4, -0.2) is 48.7 Å². The Bertz CT molecular complexity index is 866. The summed E-state index contributed by atoms with van der Waals surface area (Å²) in [6.07, 6.45) is 6.23. The molecule has 0 bridgehead atoms. The van der Waals surface area contributed by atoms with Gasteiger partial charge in [0.2, 0.25) is 0 Å². The van der Waals surface area contributed by atoms with E-state index in [1.54, 1.807) is 10.8 Å². The van der Waals surface area contributed by atoms with Crippen molar-refractivity contribution >= 4 is 17.4 Å². The van der Waals surface area contributed by atoms with Crippen LogP contribution in [0.3, 0.4) is 0 Å². The monoisotopic (exact) mass is 338 g/mol. The van der Waals surface area contributed by atoms with E-state index in [0.717, 1.165) is 55.4 Å². The van der Waals surface area contributed by atoms with Gasteiger partial charge in [0.05, 0.1) is 0 Å². The van der Waals surface area contributed by atoms with E-state index in [-0.39, 0.29) is 0 Å². The summed E-state index contributed by atoms with van der Waals surface area (Å²) < 4.78 is 1.76. The van der Waals surface area contributed by atoms with Crippen molar-refractivity contribution in [2.45, 2.75) is 39.2 Å². The van der Waals surface area contributed by atoms with Gasteiger partial charge >= 0.3 is 0 Å². The number of piperidine rings is 1. The molecule has 0 atom stereocenters. The van der Waals surface area contributed by atoms with E-state index in [9.17, 15) is 0 Å². The standard InChI is InChI=1S/C17H22N8/c1-3-13-9-15(19-10-18-13)24-6-4-14(5-7-24)23-16-8-12(2)22-17-20-11-21-25(16)17/h8-11,14,23H,3-7H2,1-2H3. The van der Waals surface area contributed by atoms with E-state index in [2.05, 4.69) is 48.2 Å². The molecule has 4 rings (SSSR count). The molecule has 8 heteroatoms. The van der Waals surface area contributed by atoms with Crippen LogP contribution < -0.4 is 10.2 Å². The largest absolute Gasteiger partial charge is 0.367 e. The Hall–Kier alpha value is -2.77. The van der Waals surface area contributed by atoms with Crippen LogP contribution in [0.1, 0.15) is 31.2 Å². The van der Waals surface area contributed by atoms with Gasteiger partial charge in [-0.3, -0.25) is 0 Å². The molecule has 0 radical (unpaired) electrons. The Kier molecular flexibility index (Phi) is 4.17. The first-order chi connectivity index (χ1) is 12.2. The molecule has 3 aromatic rings. The summed E-state index contributed by atoms with van der Waals surface area (Å²) in [6, 6.07) is 4.52. The predicted octanol–water partition coefficient (Wildman–Crippen LogP) is 1.87. The maximum Gasteiger partial charge on any atom is 0.254 e. The second-order valence-corrected chi connectivity index (χ2v) is 6.38. The van der Waals surface area contributed by atoms with Gasteiger partial charge < -0.3 is 10.2 Å². The summed E-state index contributed by atoms with van der Waals surface area (Å²) >= 11 is 0. The van der Waals surface area contributed by atoms with Crippen molar-refractivity contribution < 1.29 is 0 Å². The first-order valence-electron chi connectivity index (χ1n) is 8.72. The summed E-state index contributed by atoms with van der Waals surface area (Å²) in [5.74, 6) is 2.62. The van der Waals surface area contributed by atoms with Gasteiger partial charge in [0, 0.05) is 42.7 Å². The van der Waals surface area contributed by atoms with E-state index >= 15 is 0 Å². The molecule has 25 heavy (non-hydrogen) atoms. The summed E-state index contributed by atoms with van der Waals surface area (Å²) in [7, 11) is 0. The van der Waals surface area contributed by atoms with Crippen molar-refractivity contribution in [3.05, 3.63) is 36.2 Å². The van der Waals surface area contributed by atoms with Crippen molar-refractivity contribution in [1.82, 2.24) is 29.5 Å². The highest BCUT2D eigenvalue weighted by Gasteiger charge is 2.21. The van der Waals surface area contributed by atoms with Crippen LogP contribution in [0.15, 0.2) is 24.8 Å². The Labute approximate surface area is 146 Å². The lowest BCUT2D eigenvalue weighted by atomic mass is 10.0. The summed E-state index contributed by atoms with van der Waals surface area (Å²) in [5.41, 5.74) is 2.03. The Morgan fingerprint density at radius 1 is 1.12 bits per heavy atom. The molecule has 0 aliphatic carbocycles. The van der Waals surface area contributed by atoms with Gasteiger partial charge in [-0.25, -0.2) is 15.0 Å². The van der Waals surface area contributed by atoms with Crippen LogP contribution in [-0.2, 0) is 6.42 Å². The fraction of sp³-hybridized carbons (Fsp3) is 0.471. The smallest absolute Gasteiger partial charge is 0.254 e. The topological polar surface area (TPSA) is 84.1 Å². The third-order valence-corrected chi connectivity index (χ3v) is 4.62. The lowest BCUT2D eigenvalue weighted by Crippen LogP contribution is -2.40. The quantitative estimate of drug-likeness (QED) is 0.777. The minimum Gasteiger partial charge on any atom is -0.367 e. The summed E-state index contributed by atoms with van der Waals surface area (Å²) in [6.45, 7) is 6.04. The lowest BCUT2D eigenvalue weighted by molar-refractivity contribution is 0.520. The highest BCUT2D eigenvalue weighted by atomic mass is 15.4.